The van der Waals surface area contributed by atoms with E-state index in [1.807, 2.05) is 26.0 Å². The average molecular weight is 491 g/mol. The van der Waals surface area contributed by atoms with Crippen molar-refractivity contribution in [3.8, 4) is 16.9 Å². The molecule has 0 saturated carbocycles. The molecule has 1 aliphatic heterocycles. The third-order valence-electron chi connectivity index (χ3n) is 6.24. The molecule has 4 rings (SSSR count). The highest BCUT2D eigenvalue weighted by atomic mass is 19.1. The van der Waals surface area contributed by atoms with Crippen molar-refractivity contribution < 1.29 is 13.9 Å². The minimum Gasteiger partial charge on any atom is -0.493 e. The Morgan fingerprint density at radius 3 is 2.42 bits per heavy atom. The number of ether oxygens (including phenoxy) is 1. The highest BCUT2D eigenvalue weighted by Crippen LogP contribution is 2.24. The first-order valence-electron chi connectivity index (χ1n) is 12.5. The van der Waals surface area contributed by atoms with Gasteiger partial charge in [-0.15, -0.1) is 0 Å². The summed E-state index contributed by atoms with van der Waals surface area (Å²) in [6.07, 6.45) is 1.97. The van der Waals surface area contributed by atoms with Crippen molar-refractivity contribution in [1.82, 2.24) is 15.2 Å². The zero-order valence-corrected chi connectivity index (χ0v) is 21.3. The van der Waals surface area contributed by atoms with Crippen molar-refractivity contribution in [2.45, 2.75) is 26.8 Å². The second kappa shape index (κ2) is 12.0. The van der Waals surface area contributed by atoms with E-state index in [0.717, 1.165) is 37.3 Å². The number of likely N-dealkylation sites (N-methyl/N-ethyl adjacent to an activating group) is 1. The number of rotatable bonds is 9. The summed E-state index contributed by atoms with van der Waals surface area (Å²) >= 11 is 0. The second-order valence-corrected chi connectivity index (χ2v) is 9.83. The van der Waals surface area contributed by atoms with Crippen LogP contribution in [0.4, 0.5) is 10.1 Å². The number of anilines is 1. The largest absolute Gasteiger partial charge is 0.493 e. The minimum atomic E-state index is -0.380. The van der Waals surface area contributed by atoms with E-state index in [-0.39, 0.29) is 24.7 Å². The molecule has 6 nitrogen and oxygen atoms in total. The molecule has 2 heterocycles. The van der Waals surface area contributed by atoms with Crippen molar-refractivity contribution >= 4 is 11.6 Å². The van der Waals surface area contributed by atoms with E-state index in [2.05, 4.69) is 51.4 Å². The number of benzene rings is 2. The predicted molar refractivity (Wildman–Crippen MR) is 142 cm³/mol. The van der Waals surface area contributed by atoms with Gasteiger partial charge < -0.3 is 19.9 Å². The van der Waals surface area contributed by atoms with Gasteiger partial charge in [0.2, 0.25) is 5.91 Å². The molecule has 1 fully saturated rings. The molecule has 36 heavy (non-hydrogen) atoms. The van der Waals surface area contributed by atoms with Crippen molar-refractivity contribution in [3.05, 3.63) is 77.9 Å². The Bertz CT molecular complexity index is 1140. The molecule has 7 heteroatoms. The normalized spacial score (nSPS) is 14.2. The van der Waals surface area contributed by atoms with Crippen LogP contribution in [0.25, 0.3) is 11.1 Å². The Morgan fingerprint density at radius 2 is 1.75 bits per heavy atom. The maximum absolute atomic E-state index is 13.9. The fourth-order valence-corrected chi connectivity index (χ4v) is 4.13. The first kappa shape index (κ1) is 25.6. The molecule has 1 aliphatic rings. The molecular weight excluding hydrogens is 455 g/mol. The Morgan fingerprint density at radius 1 is 1.03 bits per heavy atom. The summed E-state index contributed by atoms with van der Waals surface area (Å²) in [5, 5.41) is 2.84. The van der Waals surface area contributed by atoms with E-state index >= 15 is 0 Å². The summed E-state index contributed by atoms with van der Waals surface area (Å²) in [6.45, 7) is 9.05. The zero-order chi connectivity index (χ0) is 25.5. The number of carbonyl (C=O) groups is 1. The second-order valence-electron chi connectivity index (χ2n) is 9.83. The molecule has 0 bridgehead atoms. The highest BCUT2D eigenvalue weighted by Gasteiger charge is 2.14. The summed E-state index contributed by atoms with van der Waals surface area (Å²) in [6, 6.07) is 17.0. The maximum atomic E-state index is 13.9. The lowest BCUT2D eigenvalue weighted by molar-refractivity contribution is -0.120. The van der Waals surface area contributed by atoms with Crippen LogP contribution in [0, 0.1) is 11.7 Å². The van der Waals surface area contributed by atoms with Gasteiger partial charge in [-0.05, 0) is 54.4 Å². The molecule has 0 spiro atoms. The Hall–Kier alpha value is -3.45. The van der Waals surface area contributed by atoms with Crippen LogP contribution in [0.3, 0.4) is 0 Å². The van der Waals surface area contributed by atoms with E-state index in [1.165, 1.54) is 17.8 Å². The fraction of sp³-hybridized carbons (Fsp3) is 0.379. The molecule has 1 N–H and O–H groups in total. The molecule has 0 radical (unpaired) electrons. The molecule has 0 unspecified atom stereocenters. The summed E-state index contributed by atoms with van der Waals surface area (Å²) < 4.78 is 19.5. The first-order chi connectivity index (χ1) is 17.4. The Balaban J connectivity index is 1.29. The summed E-state index contributed by atoms with van der Waals surface area (Å²) in [4.78, 5) is 21.7. The van der Waals surface area contributed by atoms with E-state index in [4.69, 9.17) is 4.74 Å². The van der Waals surface area contributed by atoms with Crippen LogP contribution in [0.15, 0.2) is 60.8 Å². The zero-order valence-electron chi connectivity index (χ0n) is 21.3. The smallest absolute Gasteiger partial charge is 0.226 e. The fourth-order valence-electron chi connectivity index (χ4n) is 4.13. The Labute approximate surface area is 213 Å². The van der Waals surface area contributed by atoms with E-state index in [0.29, 0.717) is 29.5 Å². The number of amides is 1. The monoisotopic (exact) mass is 490 g/mol. The summed E-state index contributed by atoms with van der Waals surface area (Å²) in [7, 11) is 2.16. The number of hydrogen-bond donors (Lipinski definition) is 1. The van der Waals surface area contributed by atoms with Crippen LogP contribution in [0.2, 0.25) is 0 Å². The molecule has 2 aromatic carbocycles. The standard InChI is InChI=1S/C29H35FN4O2/c1-21(2)20-36-28-15-22(14-25(30)16-28)18-32-29(35)17-26-7-4-24(19-31-26)23-5-8-27(9-6-23)34-12-10-33(3)11-13-34/h4-9,14-16,19,21H,10-13,17-18,20H2,1-3H3,(H,32,35). The lowest BCUT2D eigenvalue weighted by atomic mass is 10.1. The lowest BCUT2D eigenvalue weighted by Gasteiger charge is -2.34. The number of nitrogens with zero attached hydrogens (tertiary/aromatic N) is 3. The van der Waals surface area contributed by atoms with Gasteiger partial charge in [0.25, 0.3) is 0 Å². The van der Waals surface area contributed by atoms with Gasteiger partial charge in [0, 0.05) is 61.9 Å². The molecule has 3 aromatic rings. The van der Waals surface area contributed by atoms with Gasteiger partial charge in [-0.25, -0.2) is 4.39 Å². The number of carbonyl (C=O) groups excluding carboxylic acids is 1. The van der Waals surface area contributed by atoms with Gasteiger partial charge in [-0.3, -0.25) is 9.78 Å². The van der Waals surface area contributed by atoms with Crippen LogP contribution in [-0.4, -0.2) is 55.6 Å². The molecule has 1 amide bonds. The van der Waals surface area contributed by atoms with Crippen LogP contribution < -0.4 is 15.0 Å². The SMILES string of the molecule is CC(C)COc1cc(F)cc(CNC(=O)Cc2ccc(-c3ccc(N4CCN(C)CC4)cc3)cn2)c1. The van der Waals surface area contributed by atoms with Gasteiger partial charge in [-0.1, -0.05) is 32.0 Å². The molecule has 190 valence electrons. The Kier molecular flexibility index (Phi) is 8.54. The number of aromatic nitrogens is 1. The van der Waals surface area contributed by atoms with Crippen molar-refractivity contribution in [2.24, 2.45) is 5.92 Å². The molecule has 1 saturated heterocycles. The third kappa shape index (κ3) is 7.28. The van der Waals surface area contributed by atoms with Gasteiger partial charge in [0.05, 0.1) is 13.0 Å². The average Bonchev–Trinajstić information content (AvgIpc) is 2.87. The molecule has 0 aliphatic carbocycles. The number of hydrogen-bond acceptors (Lipinski definition) is 5. The van der Waals surface area contributed by atoms with Crippen LogP contribution in [0.1, 0.15) is 25.1 Å². The van der Waals surface area contributed by atoms with Crippen molar-refractivity contribution in [3.63, 3.8) is 0 Å². The lowest BCUT2D eigenvalue weighted by Crippen LogP contribution is -2.44. The van der Waals surface area contributed by atoms with Crippen molar-refractivity contribution in [2.75, 3.05) is 44.7 Å². The van der Waals surface area contributed by atoms with E-state index < -0.39 is 0 Å². The van der Waals surface area contributed by atoms with Crippen LogP contribution >= 0.6 is 0 Å². The first-order valence-corrected chi connectivity index (χ1v) is 12.5. The van der Waals surface area contributed by atoms with Crippen molar-refractivity contribution in [1.29, 1.82) is 0 Å². The molecular formula is C29H35FN4O2. The summed E-state index contributed by atoms with van der Waals surface area (Å²) in [5.74, 6) is 0.272. The maximum Gasteiger partial charge on any atom is 0.226 e. The van der Waals surface area contributed by atoms with E-state index in [9.17, 15) is 9.18 Å². The number of piperazine rings is 1. The number of pyridine rings is 1. The van der Waals surface area contributed by atoms with Gasteiger partial charge in [-0.2, -0.15) is 0 Å². The molecule has 1 aromatic heterocycles. The number of nitrogens with one attached hydrogen (secondary N) is 1. The van der Waals surface area contributed by atoms with Crippen LogP contribution in [0.5, 0.6) is 5.75 Å². The van der Waals surface area contributed by atoms with Gasteiger partial charge >= 0.3 is 0 Å². The third-order valence-corrected chi connectivity index (χ3v) is 6.24. The quantitative estimate of drug-likeness (QED) is 0.478. The summed E-state index contributed by atoms with van der Waals surface area (Å²) in [5.41, 5.74) is 4.69. The topological polar surface area (TPSA) is 57.7 Å². The van der Waals surface area contributed by atoms with E-state index in [1.54, 1.807) is 12.3 Å². The van der Waals surface area contributed by atoms with Crippen LogP contribution in [-0.2, 0) is 17.8 Å². The van der Waals surface area contributed by atoms with Gasteiger partial charge in [0.15, 0.2) is 0 Å². The number of halogens is 1. The van der Waals surface area contributed by atoms with Gasteiger partial charge in [0.1, 0.15) is 11.6 Å². The predicted octanol–water partition coefficient (Wildman–Crippen LogP) is 4.53. The highest BCUT2D eigenvalue weighted by molar-refractivity contribution is 5.78. The molecule has 0 atom stereocenters. The minimum absolute atomic E-state index is 0.161.